The lowest BCUT2D eigenvalue weighted by molar-refractivity contribution is -0.138. The van der Waals surface area contributed by atoms with Crippen LogP contribution in [-0.4, -0.2) is 17.1 Å². The maximum atomic E-state index is 12.8. The van der Waals surface area contributed by atoms with Crippen LogP contribution in [0.5, 0.6) is 0 Å². The first-order valence-corrected chi connectivity index (χ1v) is 4.03. The molecule has 0 aliphatic heterocycles. The predicted octanol–water partition coefficient (Wildman–Crippen LogP) is 0.362. The highest BCUT2D eigenvalue weighted by molar-refractivity contribution is 5.74. The number of benzene rings is 1. The number of aliphatic carboxylic acids is 1. The van der Waals surface area contributed by atoms with Crippen molar-refractivity contribution < 1.29 is 14.3 Å². The van der Waals surface area contributed by atoms with Gasteiger partial charge in [-0.05, 0) is 23.8 Å². The molecule has 0 heterocycles. The molecule has 1 aromatic rings. The standard InChI is InChI=1S/C9H11FN2O2/c10-6-1-2-7(11)5(3-6)4-8(12)9(13)14/h1-3,8H,4,11-12H2,(H,13,14)/t8-/m0/s1. The second-order valence-electron chi connectivity index (χ2n) is 2.99. The first-order chi connectivity index (χ1) is 6.50. The first-order valence-electron chi connectivity index (χ1n) is 4.03. The van der Waals surface area contributed by atoms with Crippen LogP contribution in [0.3, 0.4) is 0 Å². The van der Waals surface area contributed by atoms with Crippen LogP contribution < -0.4 is 11.5 Å². The lowest BCUT2D eigenvalue weighted by Crippen LogP contribution is -2.32. The molecule has 0 spiro atoms. The minimum atomic E-state index is -1.13. The molecule has 0 saturated heterocycles. The lowest BCUT2D eigenvalue weighted by atomic mass is 10.0. The lowest BCUT2D eigenvalue weighted by Gasteiger charge is -2.08. The van der Waals surface area contributed by atoms with Gasteiger partial charge in [-0.25, -0.2) is 4.39 Å². The molecule has 1 aromatic carbocycles. The van der Waals surface area contributed by atoms with Crippen LogP contribution >= 0.6 is 0 Å². The highest BCUT2D eigenvalue weighted by Crippen LogP contribution is 2.14. The summed E-state index contributed by atoms with van der Waals surface area (Å²) in [7, 11) is 0. The second-order valence-corrected chi connectivity index (χ2v) is 2.99. The predicted molar refractivity (Wildman–Crippen MR) is 50.1 cm³/mol. The van der Waals surface area contributed by atoms with Gasteiger partial charge in [0.2, 0.25) is 0 Å². The molecule has 0 saturated carbocycles. The largest absolute Gasteiger partial charge is 0.480 e. The Morgan fingerprint density at radius 1 is 1.57 bits per heavy atom. The van der Waals surface area contributed by atoms with Crippen molar-refractivity contribution >= 4 is 11.7 Å². The summed E-state index contributed by atoms with van der Waals surface area (Å²) in [4.78, 5) is 10.4. The van der Waals surface area contributed by atoms with E-state index in [1.54, 1.807) is 0 Å². The van der Waals surface area contributed by atoms with E-state index in [4.69, 9.17) is 16.6 Å². The number of hydrogen-bond acceptors (Lipinski definition) is 3. The molecule has 0 fully saturated rings. The van der Waals surface area contributed by atoms with Crippen LogP contribution in [0.2, 0.25) is 0 Å². The fraction of sp³-hybridized carbons (Fsp3) is 0.222. The van der Waals surface area contributed by atoms with Gasteiger partial charge >= 0.3 is 5.97 Å². The van der Waals surface area contributed by atoms with Crippen molar-refractivity contribution in [3.63, 3.8) is 0 Å². The molecule has 5 N–H and O–H groups in total. The summed E-state index contributed by atoms with van der Waals surface area (Å²) in [6.45, 7) is 0. The van der Waals surface area contributed by atoms with Gasteiger partial charge in [0.05, 0.1) is 0 Å². The number of nitrogens with two attached hydrogens (primary N) is 2. The van der Waals surface area contributed by atoms with Crippen LogP contribution in [0.4, 0.5) is 10.1 Å². The molecule has 5 heteroatoms. The monoisotopic (exact) mass is 198 g/mol. The molecule has 76 valence electrons. The third-order valence-corrected chi connectivity index (χ3v) is 1.86. The van der Waals surface area contributed by atoms with Crippen molar-refractivity contribution in [2.75, 3.05) is 5.73 Å². The summed E-state index contributed by atoms with van der Waals surface area (Å²) in [5, 5.41) is 8.54. The average Bonchev–Trinajstić information content (AvgIpc) is 2.11. The van der Waals surface area contributed by atoms with Gasteiger partial charge in [0, 0.05) is 12.1 Å². The molecule has 0 amide bonds. The SMILES string of the molecule is Nc1ccc(F)cc1C[C@H](N)C(=O)O. The van der Waals surface area contributed by atoms with Crippen LogP contribution in [0.25, 0.3) is 0 Å². The van der Waals surface area contributed by atoms with Gasteiger partial charge in [-0.2, -0.15) is 0 Å². The van der Waals surface area contributed by atoms with Gasteiger partial charge in [-0.3, -0.25) is 4.79 Å². The van der Waals surface area contributed by atoms with Crippen molar-refractivity contribution in [2.45, 2.75) is 12.5 Å². The Hall–Kier alpha value is -1.62. The third kappa shape index (κ3) is 2.43. The zero-order valence-corrected chi connectivity index (χ0v) is 7.40. The van der Waals surface area contributed by atoms with Gasteiger partial charge in [-0.1, -0.05) is 0 Å². The Bertz CT molecular complexity index is 355. The highest BCUT2D eigenvalue weighted by Gasteiger charge is 2.13. The van der Waals surface area contributed by atoms with E-state index in [2.05, 4.69) is 0 Å². The van der Waals surface area contributed by atoms with Crippen LogP contribution in [-0.2, 0) is 11.2 Å². The molecule has 0 aliphatic carbocycles. The molecule has 0 unspecified atom stereocenters. The molecule has 14 heavy (non-hydrogen) atoms. The van der Waals surface area contributed by atoms with Gasteiger partial charge in [-0.15, -0.1) is 0 Å². The van der Waals surface area contributed by atoms with Crippen molar-refractivity contribution in [3.8, 4) is 0 Å². The molecule has 1 atom stereocenters. The number of rotatable bonds is 3. The van der Waals surface area contributed by atoms with Crippen molar-refractivity contribution in [1.29, 1.82) is 0 Å². The zero-order chi connectivity index (χ0) is 10.7. The van der Waals surface area contributed by atoms with E-state index < -0.39 is 17.8 Å². The number of carboxylic acids is 1. The smallest absolute Gasteiger partial charge is 0.320 e. The summed E-state index contributed by atoms with van der Waals surface area (Å²) in [6, 6.07) is 2.74. The molecular weight excluding hydrogens is 187 g/mol. The van der Waals surface area contributed by atoms with E-state index in [9.17, 15) is 9.18 Å². The van der Waals surface area contributed by atoms with Gasteiger partial charge in [0.25, 0.3) is 0 Å². The first kappa shape index (κ1) is 10.5. The third-order valence-electron chi connectivity index (χ3n) is 1.86. The maximum absolute atomic E-state index is 12.8. The van der Waals surface area contributed by atoms with Crippen molar-refractivity contribution in [1.82, 2.24) is 0 Å². The Balaban J connectivity index is 2.85. The van der Waals surface area contributed by atoms with Crippen LogP contribution in [0, 0.1) is 5.82 Å². The maximum Gasteiger partial charge on any atom is 0.320 e. The van der Waals surface area contributed by atoms with E-state index in [0.717, 1.165) is 0 Å². The number of hydrogen-bond donors (Lipinski definition) is 3. The van der Waals surface area contributed by atoms with Crippen molar-refractivity contribution in [3.05, 3.63) is 29.6 Å². The topological polar surface area (TPSA) is 89.3 Å². The normalized spacial score (nSPS) is 12.4. The molecule has 1 rings (SSSR count). The van der Waals surface area contributed by atoms with Crippen LogP contribution in [0.15, 0.2) is 18.2 Å². The molecule has 0 aromatic heterocycles. The highest BCUT2D eigenvalue weighted by atomic mass is 19.1. The Labute approximate surface area is 80.3 Å². The number of anilines is 1. The fourth-order valence-electron chi connectivity index (χ4n) is 1.08. The molecule has 0 radical (unpaired) electrons. The zero-order valence-electron chi connectivity index (χ0n) is 7.40. The number of carbonyl (C=O) groups is 1. The quantitative estimate of drug-likeness (QED) is 0.612. The summed E-state index contributed by atoms with van der Waals surface area (Å²) < 4.78 is 12.8. The molecule has 0 bridgehead atoms. The second kappa shape index (κ2) is 4.06. The summed E-state index contributed by atoms with van der Waals surface area (Å²) in [5.41, 5.74) is 11.6. The number of carboxylic acid groups (broad SMARTS) is 1. The Morgan fingerprint density at radius 3 is 2.79 bits per heavy atom. The molecule has 4 nitrogen and oxygen atoms in total. The Morgan fingerprint density at radius 2 is 2.21 bits per heavy atom. The summed E-state index contributed by atoms with van der Waals surface area (Å²) in [6.07, 6.45) is 0.0267. The van der Waals surface area contributed by atoms with E-state index in [1.807, 2.05) is 0 Å². The van der Waals surface area contributed by atoms with Crippen LogP contribution in [0.1, 0.15) is 5.56 Å². The van der Waals surface area contributed by atoms with Gasteiger partial charge in [0.1, 0.15) is 11.9 Å². The fourth-order valence-corrected chi connectivity index (χ4v) is 1.08. The number of halogens is 1. The minimum Gasteiger partial charge on any atom is -0.480 e. The van der Waals surface area contributed by atoms with E-state index in [1.165, 1.54) is 18.2 Å². The molecular formula is C9H11FN2O2. The molecule has 0 aliphatic rings. The average molecular weight is 198 g/mol. The Kier molecular flexibility index (Phi) is 3.03. The van der Waals surface area contributed by atoms with Gasteiger partial charge < -0.3 is 16.6 Å². The van der Waals surface area contributed by atoms with Crippen molar-refractivity contribution in [2.24, 2.45) is 5.73 Å². The van der Waals surface area contributed by atoms with Gasteiger partial charge in [0.15, 0.2) is 0 Å². The minimum absolute atomic E-state index is 0.0267. The van der Waals surface area contributed by atoms with E-state index in [0.29, 0.717) is 11.3 Å². The summed E-state index contributed by atoms with van der Waals surface area (Å²) >= 11 is 0. The van der Waals surface area contributed by atoms with E-state index >= 15 is 0 Å². The van der Waals surface area contributed by atoms with E-state index in [-0.39, 0.29) is 6.42 Å². The number of nitrogen functional groups attached to an aromatic ring is 1. The summed E-state index contributed by atoms with van der Waals surface area (Å²) in [5.74, 6) is -1.58.